The van der Waals surface area contributed by atoms with Crippen molar-refractivity contribution in [2.24, 2.45) is 0 Å². The van der Waals surface area contributed by atoms with Crippen molar-refractivity contribution < 1.29 is 18.0 Å². The van der Waals surface area contributed by atoms with Crippen molar-refractivity contribution >= 4 is 29.3 Å². The predicted molar refractivity (Wildman–Crippen MR) is 81.3 cm³/mol. The zero-order valence-corrected chi connectivity index (χ0v) is 12.8. The molecule has 0 radical (unpaired) electrons. The van der Waals surface area contributed by atoms with Gasteiger partial charge in [0.15, 0.2) is 0 Å². The highest BCUT2D eigenvalue weighted by Crippen LogP contribution is 2.26. The van der Waals surface area contributed by atoms with Crippen molar-refractivity contribution in [3.05, 3.63) is 36.1 Å². The molecule has 7 heteroatoms. The van der Waals surface area contributed by atoms with E-state index < -0.39 is 24.9 Å². The van der Waals surface area contributed by atoms with E-state index in [9.17, 15) is 13.6 Å². The van der Waals surface area contributed by atoms with Crippen LogP contribution in [0.1, 0.15) is 12.2 Å². The second kappa shape index (κ2) is 6.22. The highest BCUT2D eigenvalue weighted by molar-refractivity contribution is 5.85. The molecule has 22 heavy (non-hydrogen) atoms. The van der Waals surface area contributed by atoms with Crippen molar-refractivity contribution in [1.29, 1.82) is 0 Å². The Hall–Kier alpha value is -1.66. The van der Waals surface area contributed by atoms with Crippen LogP contribution in [0.3, 0.4) is 0 Å². The average molecular weight is 331 g/mol. The number of fused-ring (bicyclic) bond motifs is 1. The highest BCUT2D eigenvalue weighted by atomic mass is 35.5. The first-order valence-corrected chi connectivity index (χ1v) is 6.78. The summed E-state index contributed by atoms with van der Waals surface area (Å²) >= 11 is 0. The van der Waals surface area contributed by atoms with E-state index in [2.05, 4.69) is 5.32 Å². The summed E-state index contributed by atoms with van der Waals surface area (Å²) in [6, 6.07) is 8.57. The normalized spacial score (nSPS) is 19.9. The third-order valence-corrected chi connectivity index (χ3v) is 3.65. The lowest BCUT2D eigenvalue weighted by molar-refractivity contribution is -0.133. The monoisotopic (exact) mass is 330 g/mol. The Labute approximate surface area is 132 Å². The largest absolute Gasteiger partial charge is 0.459 e. The van der Waals surface area contributed by atoms with Gasteiger partial charge in [0.1, 0.15) is 11.3 Å². The molecule has 1 aliphatic rings. The molecule has 1 aliphatic heterocycles. The molecule has 1 atom stereocenters. The number of hydrogen-bond donors (Lipinski definition) is 1. The van der Waals surface area contributed by atoms with Gasteiger partial charge in [0.25, 0.3) is 5.92 Å². The molecule has 0 saturated carbocycles. The number of carbonyl (C=O) groups is 1. The van der Waals surface area contributed by atoms with Crippen molar-refractivity contribution in [3.8, 4) is 0 Å². The maximum atomic E-state index is 13.1. The first kappa shape index (κ1) is 16.7. The van der Waals surface area contributed by atoms with Gasteiger partial charge in [-0.1, -0.05) is 18.2 Å². The Morgan fingerprint density at radius 1 is 1.45 bits per heavy atom. The smallest absolute Gasteiger partial charge is 0.262 e. The minimum atomic E-state index is -2.81. The molecule has 0 spiro atoms. The molecule has 0 bridgehead atoms. The van der Waals surface area contributed by atoms with Gasteiger partial charge in [0.2, 0.25) is 5.91 Å². The van der Waals surface area contributed by atoms with E-state index >= 15 is 0 Å². The lowest BCUT2D eigenvalue weighted by Gasteiger charge is -2.19. The Balaban J connectivity index is 0.00000176. The Morgan fingerprint density at radius 2 is 2.18 bits per heavy atom. The van der Waals surface area contributed by atoms with Gasteiger partial charge in [-0.25, -0.2) is 8.78 Å². The maximum absolute atomic E-state index is 13.1. The Bertz CT molecular complexity index is 641. The fourth-order valence-electron chi connectivity index (χ4n) is 2.58. The molecule has 3 rings (SSSR count). The lowest BCUT2D eigenvalue weighted by atomic mass is 10.1. The van der Waals surface area contributed by atoms with Crippen LogP contribution in [0.25, 0.3) is 11.0 Å². The minimum Gasteiger partial charge on any atom is -0.459 e. The van der Waals surface area contributed by atoms with Crippen molar-refractivity contribution in [1.82, 2.24) is 10.2 Å². The number of carbonyl (C=O) groups excluding carboxylic acids is 1. The standard InChI is InChI=1S/C15H16F2N2O2.ClH/c1-19(14(20)12-7-15(16,17)9-18-12)8-11-6-10-4-2-3-5-13(10)21-11;/h2-6,12,18H,7-9H2,1H3;1H. The van der Waals surface area contributed by atoms with Crippen LogP contribution in [0.5, 0.6) is 0 Å². The summed E-state index contributed by atoms with van der Waals surface area (Å²) in [4.78, 5) is 13.6. The number of nitrogens with zero attached hydrogens (tertiary/aromatic N) is 1. The second-order valence-corrected chi connectivity index (χ2v) is 5.44. The van der Waals surface area contributed by atoms with Crippen LogP contribution in [0.15, 0.2) is 34.7 Å². The van der Waals surface area contributed by atoms with Gasteiger partial charge >= 0.3 is 0 Å². The fraction of sp³-hybridized carbons (Fsp3) is 0.400. The van der Waals surface area contributed by atoms with Crippen LogP contribution in [0.4, 0.5) is 8.78 Å². The SMILES string of the molecule is CN(Cc1cc2ccccc2o1)C(=O)C1CC(F)(F)CN1.Cl. The molecule has 1 amide bonds. The molecular formula is C15H17ClF2N2O2. The van der Waals surface area contributed by atoms with Crippen LogP contribution in [-0.4, -0.2) is 36.4 Å². The highest BCUT2D eigenvalue weighted by Gasteiger charge is 2.43. The summed E-state index contributed by atoms with van der Waals surface area (Å²) in [5.74, 6) is -2.51. The third-order valence-electron chi connectivity index (χ3n) is 3.65. The number of rotatable bonds is 3. The molecule has 1 N–H and O–H groups in total. The molecule has 2 aromatic rings. The van der Waals surface area contributed by atoms with Gasteiger partial charge in [-0.3, -0.25) is 10.1 Å². The van der Waals surface area contributed by atoms with Crippen molar-refractivity contribution in [2.75, 3.05) is 13.6 Å². The third kappa shape index (κ3) is 3.39. The number of halogens is 3. The zero-order chi connectivity index (χ0) is 15.0. The van der Waals surface area contributed by atoms with Gasteiger partial charge in [-0.15, -0.1) is 12.4 Å². The first-order chi connectivity index (χ1) is 9.94. The van der Waals surface area contributed by atoms with Gasteiger partial charge in [0.05, 0.1) is 19.1 Å². The predicted octanol–water partition coefficient (Wildman–Crippen LogP) is 2.81. The summed E-state index contributed by atoms with van der Waals surface area (Å²) in [5.41, 5.74) is 0.749. The van der Waals surface area contributed by atoms with Crippen molar-refractivity contribution in [3.63, 3.8) is 0 Å². The molecule has 1 unspecified atom stereocenters. The molecule has 0 aliphatic carbocycles. The van der Waals surface area contributed by atoms with E-state index in [1.165, 1.54) is 4.90 Å². The summed E-state index contributed by atoms with van der Waals surface area (Å²) < 4.78 is 31.9. The van der Waals surface area contributed by atoms with Gasteiger partial charge in [0, 0.05) is 18.9 Å². The van der Waals surface area contributed by atoms with E-state index in [1.807, 2.05) is 30.3 Å². The lowest BCUT2D eigenvalue weighted by Crippen LogP contribution is -2.41. The maximum Gasteiger partial charge on any atom is 0.262 e. The van der Waals surface area contributed by atoms with Crippen LogP contribution in [0.2, 0.25) is 0 Å². The number of benzene rings is 1. The molecule has 1 saturated heterocycles. The number of alkyl halides is 2. The van der Waals surface area contributed by atoms with E-state index in [-0.39, 0.29) is 24.9 Å². The summed E-state index contributed by atoms with van der Waals surface area (Å²) in [6.07, 6.45) is -0.448. The number of amides is 1. The average Bonchev–Trinajstić information content (AvgIpc) is 3.00. The molecule has 4 nitrogen and oxygen atoms in total. The van der Waals surface area contributed by atoms with Crippen LogP contribution in [0, 0.1) is 0 Å². The second-order valence-electron chi connectivity index (χ2n) is 5.44. The molecule has 120 valence electrons. The topological polar surface area (TPSA) is 45.5 Å². The van der Waals surface area contributed by atoms with E-state index in [0.717, 1.165) is 11.0 Å². The Morgan fingerprint density at radius 3 is 2.82 bits per heavy atom. The van der Waals surface area contributed by atoms with Crippen LogP contribution in [-0.2, 0) is 11.3 Å². The molecule has 1 fully saturated rings. The van der Waals surface area contributed by atoms with Crippen LogP contribution < -0.4 is 5.32 Å². The number of para-hydroxylation sites is 1. The van der Waals surface area contributed by atoms with E-state index in [4.69, 9.17) is 4.42 Å². The number of furan rings is 1. The van der Waals surface area contributed by atoms with Gasteiger partial charge in [-0.2, -0.15) is 0 Å². The number of nitrogens with one attached hydrogen (secondary N) is 1. The summed E-state index contributed by atoms with van der Waals surface area (Å²) in [6.45, 7) is -0.181. The van der Waals surface area contributed by atoms with Crippen LogP contribution >= 0.6 is 12.4 Å². The number of likely N-dealkylation sites (N-methyl/N-ethyl adjacent to an activating group) is 1. The summed E-state index contributed by atoms with van der Waals surface area (Å²) in [5, 5.41) is 3.53. The molecule has 1 aromatic carbocycles. The zero-order valence-electron chi connectivity index (χ0n) is 12.0. The minimum absolute atomic E-state index is 0. The molecule has 2 heterocycles. The Kier molecular flexibility index (Phi) is 4.72. The van der Waals surface area contributed by atoms with Gasteiger partial charge < -0.3 is 9.32 Å². The first-order valence-electron chi connectivity index (χ1n) is 6.78. The van der Waals surface area contributed by atoms with Gasteiger partial charge in [-0.05, 0) is 12.1 Å². The van der Waals surface area contributed by atoms with Crippen molar-refractivity contribution in [2.45, 2.75) is 24.9 Å². The molecule has 1 aromatic heterocycles. The summed E-state index contributed by atoms with van der Waals surface area (Å²) in [7, 11) is 1.59. The number of hydrogen-bond acceptors (Lipinski definition) is 3. The molecular weight excluding hydrogens is 314 g/mol. The fourth-order valence-corrected chi connectivity index (χ4v) is 2.58. The van der Waals surface area contributed by atoms with E-state index in [1.54, 1.807) is 7.05 Å². The van der Waals surface area contributed by atoms with E-state index in [0.29, 0.717) is 5.76 Å². The quantitative estimate of drug-likeness (QED) is 0.941.